The molecular weight excluding hydrogens is 751 g/mol. The molecule has 0 atom stereocenters. The van der Waals surface area contributed by atoms with Crippen molar-refractivity contribution in [2.45, 2.75) is 0 Å². The first kappa shape index (κ1) is 31.2. The summed E-state index contributed by atoms with van der Waals surface area (Å²) >= 11 is 0. The summed E-state index contributed by atoms with van der Waals surface area (Å²) < 4.78 is 21.3. The van der Waals surface area contributed by atoms with Crippen LogP contribution in [0.2, 0.25) is 0 Å². The van der Waals surface area contributed by atoms with Crippen LogP contribution in [0.25, 0.3) is 115 Å². The topological polar surface area (TPSA) is 41.1 Å². The van der Waals surface area contributed by atoms with Gasteiger partial charge >= 0.3 is 8.40 Å². The third-order valence-electron chi connectivity index (χ3n) is 13.6. The van der Waals surface area contributed by atoms with Gasteiger partial charge in [-0.2, -0.15) is 0 Å². The van der Waals surface area contributed by atoms with E-state index < -0.39 is 8.40 Å². The number of furan rings is 2. The Kier molecular flexibility index (Phi) is 5.63. The molecule has 0 aliphatic carbocycles. The lowest BCUT2D eigenvalue weighted by molar-refractivity contribution is 0.668. The average Bonchev–Trinajstić information content (AvgIpc) is 4.10. The Bertz CT molecular complexity index is 4140. The molecule has 0 saturated carbocycles. The van der Waals surface area contributed by atoms with E-state index in [1.165, 1.54) is 75.8 Å². The Morgan fingerprint density at radius 2 is 0.817 bits per heavy atom. The number of benzene rings is 9. The molecule has 0 bridgehead atoms. The average molecular weight is 782 g/mol. The molecule has 5 aromatic heterocycles. The van der Waals surface area contributed by atoms with Gasteiger partial charge < -0.3 is 21.9 Å². The molecule has 0 fully saturated rings. The van der Waals surface area contributed by atoms with Gasteiger partial charge in [0.25, 0.3) is 0 Å². The molecule has 0 N–H and O–H groups in total. The second-order valence-electron chi connectivity index (χ2n) is 16.3. The molecular formula is C54H31N3O2Si. The summed E-state index contributed by atoms with van der Waals surface area (Å²) in [7, 11) is -3.34. The van der Waals surface area contributed by atoms with E-state index in [9.17, 15) is 0 Å². The van der Waals surface area contributed by atoms with Crippen LogP contribution < -0.4 is 10.4 Å². The van der Waals surface area contributed by atoms with Crippen molar-refractivity contribution in [1.29, 1.82) is 0 Å². The molecule has 0 spiro atoms. The van der Waals surface area contributed by atoms with E-state index in [1.54, 1.807) is 0 Å². The fourth-order valence-electron chi connectivity index (χ4n) is 11.4. The Morgan fingerprint density at radius 3 is 1.52 bits per heavy atom. The number of para-hydroxylation sites is 3. The Balaban J connectivity index is 1.29. The van der Waals surface area contributed by atoms with Gasteiger partial charge in [0.1, 0.15) is 22.3 Å². The normalized spacial score (nSPS) is 13.8. The second kappa shape index (κ2) is 10.8. The third kappa shape index (κ3) is 3.50. The highest BCUT2D eigenvalue weighted by atomic mass is 28.3. The van der Waals surface area contributed by atoms with Crippen LogP contribution in [0.1, 0.15) is 0 Å². The molecule has 278 valence electrons. The smallest absolute Gasteiger partial charge is 0.340 e. The van der Waals surface area contributed by atoms with E-state index in [0.29, 0.717) is 0 Å². The predicted octanol–water partition coefficient (Wildman–Crippen LogP) is 12.8. The molecule has 5 nitrogen and oxygen atoms in total. The maximum atomic E-state index is 6.65. The maximum Gasteiger partial charge on any atom is 0.340 e. The van der Waals surface area contributed by atoms with E-state index in [4.69, 9.17) is 8.83 Å². The highest BCUT2D eigenvalue weighted by Crippen LogP contribution is 2.51. The van der Waals surface area contributed by atoms with Crippen LogP contribution in [0.5, 0.6) is 0 Å². The van der Waals surface area contributed by atoms with Crippen molar-refractivity contribution >= 4 is 128 Å². The van der Waals surface area contributed by atoms with Crippen molar-refractivity contribution in [2.75, 3.05) is 0 Å². The van der Waals surface area contributed by atoms with E-state index in [-0.39, 0.29) is 0 Å². The highest BCUT2D eigenvalue weighted by molar-refractivity contribution is 7.02. The van der Waals surface area contributed by atoms with Crippen LogP contribution in [0.3, 0.4) is 0 Å². The number of aromatic nitrogens is 3. The van der Waals surface area contributed by atoms with Crippen molar-refractivity contribution in [3.63, 3.8) is 0 Å². The van der Waals surface area contributed by atoms with Gasteiger partial charge in [-0.1, -0.05) is 133 Å². The minimum absolute atomic E-state index is 0.884. The zero-order valence-corrected chi connectivity index (χ0v) is 33.1. The Hall–Kier alpha value is -7.80. The summed E-state index contributed by atoms with van der Waals surface area (Å²) in [6.07, 6.45) is 0. The Labute approximate surface area is 342 Å². The predicted molar refractivity (Wildman–Crippen MR) is 250 cm³/mol. The summed E-state index contributed by atoms with van der Waals surface area (Å²) in [6.45, 7) is 0. The van der Waals surface area contributed by atoms with Crippen molar-refractivity contribution < 1.29 is 8.83 Å². The van der Waals surface area contributed by atoms with Crippen molar-refractivity contribution in [3.8, 4) is 5.69 Å². The summed E-state index contributed by atoms with van der Waals surface area (Å²) in [4.78, 5) is 0. The minimum Gasteiger partial charge on any atom is -0.456 e. The summed E-state index contributed by atoms with van der Waals surface area (Å²) in [5.74, 6) is 0. The molecule has 60 heavy (non-hydrogen) atoms. The monoisotopic (exact) mass is 781 g/mol. The zero-order chi connectivity index (χ0) is 38.8. The molecule has 0 saturated heterocycles. The lowest BCUT2D eigenvalue weighted by atomic mass is 10.0. The van der Waals surface area contributed by atoms with Crippen LogP contribution in [0.4, 0.5) is 0 Å². The molecule has 0 unspecified atom stereocenters. The van der Waals surface area contributed by atoms with E-state index in [2.05, 4.69) is 201 Å². The van der Waals surface area contributed by atoms with Crippen molar-refractivity contribution in [1.82, 2.24) is 13.0 Å². The van der Waals surface area contributed by atoms with Crippen molar-refractivity contribution in [3.05, 3.63) is 188 Å². The summed E-state index contributed by atoms with van der Waals surface area (Å²) in [6, 6.07) is 69.3. The molecule has 14 aromatic rings. The standard InChI is InChI=1S/C54H31N3O2Si/c1-3-14-32(15-4-1)60(33-16-5-2-6-17-33)56-39-21-10-7-18-34(39)35-26-28-41-51(53(35)56)52-42(55(41)40-22-13-25-46-48(40)36-19-8-11-23-44(36)58-46)29-27-38-49-43(57(60)54(38)52)30-31-47-50(49)37-20-9-12-24-45(37)59-47/h1-31H. The number of fused-ring (bicyclic) bond motifs is 13. The fourth-order valence-corrected chi connectivity index (χ4v) is 16.5. The van der Waals surface area contributed by atoms with Crippen molar-refractivity contribution in [2.24, 2.45) is 0 Å². The van der Waals surface area contributed by atoms with Crippen LogP contribution >= 0.6 is 0 Å². The van der Waals surface area contributed by atoms with Gasteiger partial charge in [0, 0.05) is 59.5 Å². The quantitative estimate of drug-likeness (QED) is 0.168. The van der Waals surface area contributed by atoms with Gasteiger partial charge in [0.2, 0.25) is 0 Å². The molecule has 1 aliphatic heterocycles. The number of nitrogens with zero attached hydrogens (tertiary/aromatic N) is 3. The molecule has 9 aromatic carbocycles. The lowest BCUT2D eigenvalue weighted by Gasteiger charge is -2.37. The molecule has 0 radical (unpaired) electrons. The van der Waals surface area contributed by atoms with E-state index in [0.717, 1.165) is 49.6 Å². The van der Waals surface area contributed by atoms with Gasteiger partial charge in [-0.25, -0.2) is 0 Å². The summed E-state index contributed by atoms with van der Waals surface area (Å²) in [5.41, 5.74) is 12.0. The van der Waals surface area contributed by atoms with Crippen LogP contribution in [0, 0.1) is 0 Å². The fraction of sp³-hybridized carbons (Fsp3) is 0. The van der Waals surface area contributed by atoms with Gasteiger partial charge in [0.05, 0.1) is 33.1 Å². The van der Waals surface area contributed by atoms with Crippen LogP contribution in [-0.4, -0.2) is 21.4 Å². The molecule has 0 amide bonds. The molecule has 6 heteroatoms. The lowest BCUT2D eigenvalue weighted by Crippen LogP contribution is -2.69. The van der Waals surface area contributed by atoms with E-state index in [1.807, 2.05) is 0 Å². The highest BCUT2D eigenvalue weighted by Gasteiger charge is 2.49. The van der Waals surface area contributed by atoms with Gasteiger partial charge in [-0.3, -0.25) is 0 Å². The third-order valence-corrected chi connectivity index (χ3v) is 18.1. The van der Waals surface area contributed by atoms with Gasteiger partial charge in [-0.15, -0.1) is 0 Å². The SMILES string of the molecule is c1ccc([Si]2(c3ccccc3)n3c4ccccc4c4ccc5c(c6c(ccc7c8c9c(ccc8n2c76)oc2ccccc29)n5-c2cccc5oc6ccccc6c25)c43)cc1. The molecule has 6 heterocycles. The van der Waals surface area contributed by atoms with Crippen LogP contribution in [0.15, 0.2) is 197 Å². The second-order valence-corrected chi connectivity index (χ2v) is 19.7. The number of hydrogen-bond donors (Lipinski definition) is 0. The van der Waals surface area contributed by atoms with E-state index >= 15 is 0 Å². The largest absolute Gasteiger partial charge is 0.456 e. The maximum absolute atomic E-state index is 6.65. The zero-order valence-electron chi connectivity index (χ0n) is 32.1. The Morgan fingerprint density at radius 1 is 0.300 bits per heavy atom. The first-order valence-electron chi connectivity index (χ1n) is 20.6. The van der Waals surface area contributed by atoms with Gasteiger partial charge in [-0.05, 0) is 65.0 Å². The molecule has 15 rings (SSSR count). The number of hydrogen-bond acceptors (Lipinski definition) is 2. The molecule has 1 aliphatic rings. The minimum atomic E-state index is -3.34. The summed E-state index contributed by atoms with van der Waals surface area (Å²) in [5, 5.41) is 14.7. The first-order valence-corrected chi connectivity index (χ1v) is 22.5. The number of rotatable bonds is 3. The van der Waals surface area contributed by atoms with Crippen LogP contribution in [-0.2, 0) is 0 Å². The van der Waals surface area contributed by atoms with Gasteiger partial charge in [0.15, 0.2) is 0 Å². The first-order chi connectivity index (χ1) is 29.8.